The van der Waals surface area contributed by atoms with Crippen molar-refractivity contribution in [1.82, 2.24) is 0 Å². The number of carbonyl (C=O) groups excluding carboxylic acids is 1. The van der Waals surface area contributed by atoms with Crippen LogP contribution in [0.1, 0.15) is 96.8 Å². The van der Waals surface area contributed by atoms with Gasteiger partial charge in [0.2, 0.25) is 0 Å². The van der Waals surface area contributed by atoms with Crippen LogP contribution in [0.5, 0.6) is 0 Å². The van der Waals surface area contributed by atoms with Crippen molar-refractivity contribution >= 4 is 13.8 Å². The molecule has 0 amide bonds. The minimum Gasteiger partial charge on any atom is -0.371 e. The summed E-state index contributed by atoms with van der Waals surface area (Å²) >= 11 is 0. The van der Waals surface area contributed by atoms with Gasteiger partial charge in [0.05, 0.1) is 0 Å². The van der Waals surface area contributed by atoms with Crippen LogP contribution in [0.3, 0.4) is 0 Å². The summed E-state index contributed by atoms with van der Waals surface area (Å²) in [4.78, 5) is 28.0. The normalized spacial score (nSPS) is 12.0. The van der Waals surface area contributed by atoms with Crippen LogP contribution in [0.15, 0.2) is 12.2 Å². The van der Waals surface area contributed by atoms with Gasteiger partial charge in [0, 0.05) is 6.42 Å². The Bertz CT molecular complexity index is 376. The van der Waals surface area contributed by atoms with Gasteiger partial charge in [-0.05, 0) is 32.1 Å². The fourth-order valence-corrected chi connectivity index (χ4v) is 2.87. The first-order chi connectivity index (χ1) is 11.5. The van der Waals surface area contributed by atoms with Crippen LogP contribution < -0.4 is 0 Å². The number of hydrogen-bond acceptors (Lipinski definition) is 3. The van der Waals surface area contributed by atoms with E-state index in [-0.39, 0.29) is 6.42 Å². The first kappa shape index (κ1) is 23.4. The summed E-state index contributed by atoms with van der Waals surface area (Å²) < 4.78 is 14.4. The lowest BCUT2D eigenvalue weighted by Crippen LogP contribution is -2.01. The molecule has 0 aliphatic rings. The highest BCUT2D eigenvalue weighted by molar-refractivity contribution is 7.46. The molecule has 2 N–H and O–H groups in total. The van der Waals surface area contributed by atoms with Gasteiger partial charge < -0.3 is 4.52 Å². The zero-order valence-corrected chi connectivity index (χ0v) is 16.0. The molecule has 0 aromatic heterocycles. The molecule has 0 aromatic rings. The molecule has 0 atom stereocenters. The topological polar surface area (TPSA) is 83.8 Å². The molecule has 0 radical (unpaired) electrons. The number of hydrogen-bond donors (Lipinski definition) is 2. The van der Waals surface area contributed by atoms with Crippen LogP contribution in [0, 0.1) is 0 Å². The molecule has 0 saturated heterocycles. The Morgan fingerprint density at radius 1 is 0.833 bits per heavy atom. The van der Waals surface area contributed by atoms with Gasteiger partial charge in [0.1, 0.15) is 0 Å². The molecule has 0 fully saturated rings. The van der Waals surface area contributed by atoms with Crippen molar-refractivity contribution < 1.29 is 23.7 Å². The number of unbranched alkanes of at least 4 members (excludes halogenated alkanes) is 11. The van der Waals surface area contributed by atoms with Gasteiger partial charge in [-0.15, -0.1) is 0 Å². The molecule has 24 heavy (non-hydrogen) atoms. The molecule has 142 valence electrons. The lowest BCUT2D eigenvalue weighted by Gasteiger charge is -2.04. The number of allylic oxidation sites excluding steroid dienone is 2. The Kier molecular flexibility index (Phi) is 15.4. The maximum Gasteiger partial charge on any atom is 0.526 e. The van der Waals surface area contributed by atoms with E-state index in [1.54, 1.807) is 0 Å². The Morgan fingerprint density at radius 2 is 1.29 bits per heavy atom. The van der Waals surface area contributed by atoms with Crippen LogP contribution in [0.2, 0.25) is 0 Å². The van der Waals surface area contributed by atoms with Gasteiger partial charge in [-0.1, -0.05) is 70.4 Å². The summed E-state index contributed by atoms with van der Waals surface area (Å²) in [6.07, 6.45) is 19.8. The molecule has 0 heterocycles. The van der Waals surface area contributed by atoms with Crippen molar-refractivity contribution in [3.05, 3.63) is 12.2 Å². The minimum atomic E-state index is -4.67. The van der Waals surface area contributed by atoms with Gasteiger partial charge in [0.15, 0.2) is 0 Å². The number of phosphoric acid groups is 1. The highest BCUT2D eigenvalue weighted by Crippen LogP contribution is 2.36. The van der Waals surface area contributed by atoms with Gasteiger partial charge in [-0.3, -0.25) is 14.6 Å². The van der Waals surface area contributed by atoms with E-state index in [1.807, 2.05) is 0 Å². The van der Waals surface area contributed by atoms with Crippen LogP contribution in [0.4, 0.5) is 0 Å². The quantitative estimate of drug-likeness (QED) is 0.210. The predicted molar refractivity (Wildman–Crippen MR) is 97.6 cm³/mol. The minimum absolute atomic E-state index is 0.0727. The summed E-state index contributed by atoms with van der Waals surface area (Å²) in [7, 11) is -4.67. The molecule has 0 rings (SSSR count). The standard InChI is InChI=1S/C18H35O5P/c1-2-3-4-5-6-7-8-9-10-11-12-13-14-15-16-17-18(19)23-24(20,21)22/h9-10H,2-8,11-17H2,1H3,(H2,20,21,22)/b10-9-. The lowest BCUT2D eigenvalue weighted by molar-refractivity contribution is -0.135. The smallest absolute Gasteiger partial charge is 0.371 e. The molecule has 0 spiro atoms. The Morgan fingerprint density at radius 3 is 1.79 bits per heavy atom. The summed E-state index contributed by atoms with van der Waals surface area (Å²) in [5.41, 5.74) is 0. The van der Waals surface area contributed by atoms with Crippen LogP contribution in [-0.4, -0.2) is 15.8 Å². The Balaban J connectivity index is 3.26. The zero-order chi connectivity index (χ0) is 18.1. The summed E-state index contributed by atoms with van der Waals surface area (Å²) in [5, 5.41) is 0. The summed E-state index contributed by atoms with van der Waals surface area (Å²) in [6.45, 7) is 2.24. The van der Waals surface area contributed by atoms with Crippen molar-refractivity contribution in [2.24, 2.45) is 0 Å². The predicted octanol–water partition coefficient (Wildman–Crippen LogP) is 5.66. The van der Waals surface area contributed by atoms with Crippen molar-refractivity contribution in [3.63, 3.8) is 0 Å². The Hall–Kier alpha value is -0.640. The van der Waals surface area contributed by atoms with Gasteiger partial charge in [-0.25, -0.2) is 4.57 Å². The number of rotatable bonds is 16. The fraction of sp³-hybridized carbons (Fsp3) is 0.833. The summed E-state index contributed by atoms with van der Waals surface area (Å²) in [5.74, 6) is -0.819. The van der Waals surface area contributed by atoms with E-state index in [0.717, 1.165) is 32.1 Å². The van der Waals surface area contributed by atoms with E-state index in [0.29, 0.717) is 6.42 Å². The second kappa shape index (κ2) is 15.9. The maximum absolute atomic E-state index is 11.1. The highest BCUT2D eigenvalue weighted by Gasteiger charge is 2.19. The molecule has 5 nitrogen and oxygen atoms in total. The molecule has 0 aliphatic carbocycles. The van der Waals surface area contributed by atoms with E-state index in [2.05, 4.69) is 23.6 Å². The fourth-order valence-electron chi connectivity index (χ4n) is 2.52. The largest absolute Gasteiger partial charge is 0.526 e. The monoisotopic (exact) mass is 362 g/mol. The van der Waals surface area contributed by atoms with Crippen molar-refractivity contribution in [3.8, 4) is 0 Å². The van der Waals surface area contributed by atoms with Crippen LogP contribution >= 0.6 is 7.82 Å². The van der Waals surface area contributed by atoms with E-state index in [4.69, 9.17) is 9.79 Å². The molecule has 0 aromatic carbocycles. The van der Waals surface area contributed by atoms with Gasteiger partial charge >= 0.3 is 13.8 Å². The van der Waals surface area contributed by atoms with E-state index >= 15 is 0 Å². The average Bonchev–Trinajstić information content (AvgIpc) is 2.49. The second-order valence-corrected chi connectivity index (χ2v) is 7.45. The first-order valence-corrected chi connectivity index (χ1v) is 10.9. The zero-order valence-electron chi connectivity index (χ0n) is 15.1. The highest BCUT2D eigenvalue weighted by atomic mass is 31.2. The van der Waals surface area contributed by atoms with Gasteiger partial charge in [-0.2, -0.15) is 0 Å². The SMILES string of the molecule is CCCCCCCC/C=C\CCCCCCCC(=O)OP(=O)(O)O. The van der Waals surface area contributed by atoms with E-state index < -0.39 is 13.8 Å². The lowest BCUT2D eigenvalue weighted by atomic mass is 10.1. The molecular weight excluding hydrogens is 327 g/mol. The van der Waals surface area contributed by atoms with Crippen molar-refractivity contribution in [2.75, 3.05) is 0 Å². The third-order valence-corrected chi connectivity index (χ3v) is 4.30. The number of carbonyl (C=O) groups is 1. The average molecular weight is 362 g/mol. The molecule has 6 heteroatoms. The van der Waals surface area contributed by atoms with E-state index in [9.17, 15) is 9.36 Å². The first-order valence-electron chi connectivity index (χ1n) is 9.38. The molecular formula is C18H35O5P. The second-order valence-electron chi connectivity index (χ2n) is 6.29. The molecule has 0 aliphatic heterocycles. The third kappa shape index (κ3) is 19.4. The number of phosphoric ester groups is 1. The molecule has 0 saturated carbocycles. The summed E-state index contributed by atoms with van der Waals surface area (Å²) in [6, 6.07) is 0. The third-order valence-electron chi connectivity index (χ3n) is 3.86. The van der Waals surface area contributed by atoms with Crippen LogP contribution in [0.25, 0.3) is 0 Å². The van der Waals surface area contributed by atoms with E-state index in [1.165, 1.54) is 44.9 Å². The molecule has 0 unspecified atom stereocenters. The van der Waals surface area contributed by atoms with Crippen molar-refractivity contribution in [1.29, 1.82) is 0 Å². The molecule has 0 bridgehead atoms. The van der Waals surface area contributed by atoms with Crippen LogP contribution in [-0.2, 0) is 13.9 Å². The van der Waals surface area contributed by atoms with Gasteiger partial charge in [0.25, 0.3) is 0 Å². The van der Waals surface area contributed by atoms with Crippen molar-refractivity contribution in [2.45, 2.75) is 96.8 Å². The maximum atomic E-state index is 11.1. The Labute approximate surface area is 147 Å².